The molecule has 0 aliphatic heterocycles. The number of methoxy groups -OCH3 is 2. The topological polar surface area (TPSA) is 129 Å². The van der Waals surface area contributed by atoms with Crippen LogP contribution in [0.3, 0.4) is 0 Å². The lowest BCUT2D eigenvalue weighted by Crippen LogP contribution is -2.39. The van der Waals surface area contributed by atoms with Crippen molar-refractivity contribution in [1.29, 1.82) is 0 Å². The molecule has 0 unspecified atom stereocenters. The van der Waals surface area contributed by atoms with E-state index in [1.165, 1.54) is 38.5 Å². The Morgan fingerprint density at radius 1 is 0.543 bits per heavy atom. The molecule has 10 nitrogen and oxygen atoms in total. The van der Waals surface area contributed by atoms with Crippen molar-refractivity contribution in [1.82, 2.24) is 10.6 Å². The minimum atomic E-state index is -3.97. The van der Waals surface area contributed by atoms with Gasteiger partial charge in [-0.25, -0.2) is 0 Å². The Hall–Kier alpha value is -4.10. The van der Waals surface area contributed by atoms with Crippen LogP contribution in [-0.2, 0) is 33.3 Å². The summed E-state index contributed by atoms with van der Waals surface area (Å²) in [5, 5.41) is 7.21. The Morgan fingerprint density at radius 3 is 1.26 bits per heavy atom. The standard InChI is InChI=1S/C34H38N2O8S2/c1-41-33-21-25(13-19-31(33)43-45(37,38)29-9-5-3-6-10-29)23-35-27-15-17-28(18-16-27)36-24-26-14-20-32(34(22-26)42-2)44-46(39,40)30-11-7-4-8-12-30/h3-14,19-22,27-28,35-36H,15-18,23-24H2,1-2H3. The number of hydrogen-bond acceptors (Lipinski definition) is 10. The van der Waals surface area contributed by atoms with Gasteiger partial charge in [0.2, 0.25) is 0 Å². The van der Waals surface area contributed by atoms with E-state index in [0.717, 1.165) is 36.8 Å². The molecule has 2 N–H and O–H groups in total. The number of hydrogen-bond donors (Lipinski definition) is 2. The summed E-state index contributed by atoms with van der Waals surface area (Å²) in [6, 6.07) is 27.2. The molecule has 0 radical (unpaired) electrons. The second-order valence-corrected chi connectivity index (χ2v) is 14.1. The van der Waals surface area contributed by atoms with E-state index < -0.39 is 20.2 Å². The molecule has 4 aromatic rings. The van der Waals surface area contributed by atoms with Crippen LogP contribution in [0.4, 0.5) is 0 Å². The van der Waals surface area contributed by atoms with Gasteiger partial charge in [-0.3, -0.25) is 0 Å². The van der Waals surface area contributed by atoms with Gasteiger partial charge >= 0.3 is 20.2 Å². The van der Waals surface area contributed by atoms with Gasteiger partial charge in [0.1, 0.15) is 9.79 Å². The van der Waals surface area contributed by atoms with E-state index in [1.54, 1.807) is 60.7 Å². The van der Waals surface area contributed by atoms with E-state index in [4.69, 9.17) is 17.8 Å². The molecular formula is C34H38N2O8S2. The molecule has 12 heteroatoms. The highest BCUT2D eigenvalue weighted by Gasteiger charge is 2.23. The van der Waals surface area contributed by atoms with Crippen molar-refractivity contribution in [2.75, 3.05) is 14.2 Å². The molecule has 0 heterocycles. The van der Waals surface area contributed by atoms with Gasteiger partial charge in [-0.05, 0) is 85.3 Å². The van der Waals surface area contributed by atoms with E-state index >= 15 is 0 Å². The zero-order valence-corrected chi connectivity index (χ0v) is 27.4. The van der Waals surface area contributed by atoms with Crippen LogP contribution in [0, 0.1) is 0 Å². The predicted octanol–water partition coefficient (Wildman–Crippen LogP) is 5.43. The van der Waals surface area contributed by atoms with Crippen LogP contribution in [0.1, 0.15) is 36.8 Å². The minimum absolute atomic E-state index is 0.0762. The Bertz CT molecular complexity index is 1680. The maximum Gasteiger partial charge on any atom is 0.339 e. The largest absolute Gasteiger partial charge is 0.493 e. The number of nitrogens with one attached hydrogen (secondary N) is 2. The minimum Gasteiger partial charge on any atom is -0.493 e. The lowest BCUT2D eigenvalue weighted by molar-refractivity contribution is 0.305. The Balaban J connectivity index is 1.09. The molecule has 0 saturated heterocycles. The highest BCUT2D eigenvalue weighted by molar-refractivity contribution is 7.87. The summed E-state index contributed by atoms with van der Waals surface area (Å²) < 4.78 is 72.2. The predicted molar refractivity (Wildman–Crippen MR) is 174 cm³/mol. The van der Waals surface area contributed by atoms with Gasteiger partial charge in [0.15, 0.2) is 23.0 Å². The van der Waals surface area contributed by atoms with Crippen molar-refractivity contribution in [3.8, 4) is 23.0 Å². The van der Waals surface area contributed by atoms with E-state index in [0.29, 0.717) is 36.7 Å². The van der Waals surface area contributed by atoms with Crippen LogP contribution in [0.15, 0.2) is 107 Å². The van der Waals surface area contributed by atoms with Crippen LogP contribution in [0.25, 0.3) is 0 Å². The van der Waals surface area contributed by atoms with Crippen molar-refractivity contribution in [3.05, 3.63) is 108 Å². The molecule has 1 aliphatic carbocycles. The lowest BCUT2D eigenvalue weighted by atomic mass is 9.91. The first kappa shape index (κ1) is 33.3. The number of ether oxygens (including phenoxy) is 2. The number of benzene rings is 4. The van der Waals surface area contributed by atoms with E-state index in [1.807, 2.05) is 12.1 Å². The Morgan fingerprint density at radius 2 is 0.913 bits per heavy atom. The van der Waals surface area contributed by atoms with Crippen LogP contribution >= 0.6 is 0 Å². The summed E-state index contributed by atoms with van der Waals surface area (Å²) in [6.07, 6.45) is 4.00. The quantitative estimate of drug-likeness (QED) is 0.168. The molecule has 0 amide bonds. The molecule has 1 fully saturated rings. The Kier molecular flexibility index (Phi) is 10.8. The van der Waals surface area contributed by atoms with Crippen LogP contribution < -0.4 is 28.5 Å². The zero-order valence-electron chi connectivity index (χ0n) is 25.7. The van der Waals surface area contributed by atoms with E-state index in [9.17, 15) is 16.8 Å². The summed E-state index contributed by atoms with van der Waals surface area (Å²) in [6.45, 7) is 1.22. The van der Waals surface area contributed by atoms with Gasteiger partial charge in [-0.2, -0.15) is 16.8 Å². The third-order valence-electron chi connectivity index (χ3n) is 7.84. The highest BCUT2D eigenvalue weighted by atomic mass is 32.2. The molecule has 5 rings (SSSR count). The first-order chi connectivity index (χ1) is 22.2. The maximum absolute atomic E-state index is 12.6. The molecule has 0 atom stereocenters. The van der Waals surface area contributed by atoms with Crippen molar-refractivity contribution >= 4 is 20.2 Å². The summed E-state index contributed by atoms with van der Waals surface area (Å²) in [5.74, 6) is 0.971. The van der Waals surface area contributed by atoms with E-state index in [-0.39, 0.29) is 21.3 Å². The van der Waals surface area contributed by atoms with Crippen LogP contribution in [0.2, 0.25) is 0 Å². The summed E-state index contributed by atoms with van der Waals surface area (Å²) in [7, 11) is -4.98. The van der Waals surface area contributed by atoms with Crippen molar-refractivity contribution < 1.29 is 34.7 Å². The smallest absolute Gasteiger partial charge is 0.339 e. The molecule has 0 spiro atoms. The first-order valence-electron chi connectivity index (χ1n) is 15.0. The summed E-state index contributed by atoms with van der Waals surface area (Å²) in [5.41, 5.74) is 1.92. The van der Waals surface area contributed by atoms with Gasteiger partial charge in [0.05, 0.1) is 14.2 Å². The fourth-order valence-corrected chi connectivity index (χ4v) is 7.24. The second-order valence-electron chi connectivity index (χ2n) is 11.0. The molecule has 1 aliphatic rings. The monoisotopic (exact) mass is 666 g/mol. The first-order valence-corrected chi connectivity index (χ1v) is 17.8. The zero-order chi connectivity index (χ0) is 32.6. The third-order valence-corrected chi connectivity index (χ3v) is 10.3. The van der Waals surface area contributed by atoms with Gasteiger partial charge in [0.25, 0.3) is 0 Å². The fraction of sp³-hybridized carbons (Fsp3) is 0.294. The van der Waals surface area contributed by atoms with Gasteiger partial charge in [0, 0.05) is 25.2 Å². The summed E-state index contributed by atoms with van der Waals surface area (Å²) in [4.78, 5) is 0.152. The van der Waals surface area contributed by atoms with Crippen LogP contribution in [-0.4, -0.2) is 43.1 Å². The molecule has 244 valence electrons. The average molecular weight is 667 g/mol. The molecular weight excluding hydrogens is 629 g/mol. The third kappa shape index (κ3) is 8.58. The molecule has 0 aromatic heterocycles. The van der Waals surface area contributed by atoms with Crippen molar-refractivity contribution in [2.45, 2.75) is 60.6 Å². The van der Waals surface area contributed by atoms with E-state index in [2.05, 4.69) is 10.6 Å². The SMILES string of the molecule is COc1cc(CNC2CCC(NCc3ccc(OS(=O)(=O)c4ccccc4)c(OC)c3)CC2)ccc1OS(=O)(=O)c1ccccc1. The average Bonchev–Trinajstić information content (AvgIpc) is 3.08. The van der Waals surface area contributed by atoms with Crippen molar-refractivity contribution in [3.63, 3.8) is 0 Å². The van der Waals surface area contributed by atoms with Gasteiger partial charge in [-0.15, -0.1) is 0 Å². The fourth-order valence-electron chi connectivity index (χ4n) is 5.31. The maximum atomic E-state index is 12.6. The molecule has 4 aromatic carbocycles. The highest BCUT2D eigenvalue weighted by Crippen LogP contribution is 2.32. The van der Waals surface area contributed by atoms with Crippen LogP contribution in [0.5, 0.6) is 23.0 Å². The second kappa shape index (κ2) is 15.0. The molecule has 1 saturated carbocycles. The normalized spacial score (nSPS) is 16.8. The van der Waals surface area contributed by atoms with Gasteiger partial charge < -0.3 is 28.5 Å². The van der Waals surface area contributed by atoms with Crippen molar-refractivity contribution in [2.24, 2.45) is 0 Å². The summed E-state index contributed by atoms with van der Waals surface area (Å²) >= 11 is 0. The molecule has 46 heavy (non-hydrogen) atoms. The van der Waals surface area contributed by atoms with Gasteiger partial charge in [-0.1, -0.05) is 48.5 Å². The number of rotatable bonds is 14. The Labute approximate surface area is 270 Å². The molecule has 0 bridgehead atoms. The lowest BCUT2D eigenvalue weighted by Gasteiger charge is -2.30.